The van der Waals surface area contributed by atoms with E-state index in [4.69, 9.17) is 4.74 Å². The van der Waals surface area contributed by atoms with Crippen molar-refractivity contribution in [2.45, 2.75) is 65.0 Å². The Balaban J connectivity index is 1.75. The van der Waals surface area contributed by atoms with Crippen LogP contribution in [-0.2, 0) is 4.74 Å². The molecule has 1 heterocycles. The van der Waals surface area contributed by atoms with Crippen molar-refractivity contribution in [1.29, 1.82) is 0 Å². The summed E-state index contributed by atoms with van der Waals surface area (Å²) >= 11 is 0. The van der Waals surface area contributed by atoms with Crippen molar-refractivity contribution < 1.29 is 9.53 Å². The van der Waals surface area contributed by atoms with Gasteiger partial charge in [0.25, 0.3) is 0 Å². The molecule has 1 saturated carbocycles. The Bertz CT molecular complexity index is 604. The molecular formula is C19H33N5O2. The second-order valence-corrected chi connectivity index (χ2v) is 8.34. The molecule has 26 heavy (non-hydrogen) atoms. The number of ether oxygens (including phenoxy) is 1. The van der Waals surface area contributed by atoms with Gasteiger partial charge in [0.1, 0.15) is 11.4 Å². The van der Waals surface area contributed by atoms with E-state index in [1.54, 1.807) is 0 Å². The Morgan fingerprint density at radius 1 is 1.27 bits per heavy atom. The summed E-state index contributed by atoms with van der Waals surface area (Å²) in [6, 6.07) is 0.206. The zero-order chi connectivity index (χ0) is 19.3. The number of hydrogen-bond acceptors (Lipinski definition) is 6. The molecule has 1 aliphatic carbocycles. The van der Waals surface area contributed by atoms with E-state index in [0.717, 1.165) is 43.6 Å². The van der Waals surface area contributed by atoms with Crippen molar-refractivity contribution in [2.24, 2.45) is 5.92 Å². The molecule has 2 rings (SSSR count). The Hall–Kier alpha value is -2.05. The Morgan fingerprint density at radius 3 is 2.50 bits per heavy atom. The number of nitrogens with zero attached hydrogens (tertiary/aromatic N) is 3. The van der Waals surface area contributed by atoms with Crippen LogP contribution in [0.15, 0.2) is 6.20 Å². The van der Waals surface area contributed by atoms with Crippen LogP contribution in [0.3, 0.4) is 0 Å². The molecule has 0 bridgehead atoms. The largest absolute Gasteiger partial charge is 0.444 e. The van der Waals surface area contributed by atoms with Crippen LogP contribution in [0, 0.1) is 12.8 Å². The number of carbonyl (C=O) groups excluding carboxylic acids is 1. The van der Waals surface area contributed by atoms with Crippen LogP contribution >= 0.6 is 0 Å². The van der Waals surface area contributed by atoms with E-state index in [1.807, 2.05) is 52.9 Å². The van der Waals surface area contributed by atoms with Crippen molar-refractivity contribution in [3.63, 3.8) is 0 Å². The van der Waals surface area contributed by atoms with Gasteiger partial charge in [0.15, 0.2) is 0 Å². The zero-order valence-electron chi connectivity index (χ0n) is 16.9. The van der Waals surface area contributed by atoms with Gasteiger partial charge >= 0.3 is 6.09 Å². The van der Waals surface area contributed by atoms with Crippen LogP contribution in [0.4, 0.5) is 16.6 Å². The first-order valence-electron chi connectivity index (χ1n) is 9.38. The van der Waals surface area contributed by atoms with E-state index in [9.17, 15) is 4.79 Å². The number of hydrogen-bond donors (Lipinski definition) is 2. The molecule has 0 atom stereocenters. The zero-order valence-corrected chi connectivity index (χ0v) is 16.9. The van der Waals surface area contributed by atoms with Gasteiger partial charge in [-0.2, -0.15) is 4.98 Å². The fourth-order valence-electron chi connectivity index (χ4n) is 3.19. The topological polar surface area (TPSA) is 79.4 Å². The van der Waals surface area contributed by atoms with E-state index in [2.05, 4.69) is 20.6 Å². The van der Waals surface area contributed by atoms with Gasteiger partial charge in [-0.15, -0.1) is 0 Å². The lowest BCUT2D eigenvalue weighted by atomic mass is 9.86. The number of anilines is 2. The van der Waals surface area contributed by atoms with E-state index in [1.165, 1.54) is 0 Å². The molecule has 146 valence electrons. The minimum absolute atomic E-state index is 0.206. The number of alkyl carbamates (subject to hydrolysis) is 1. The average Bonchev–Trinajstić information content (AvgIpc) is 2.53. The second-order valence-electron chi connectivity index (χ2n) is 8.34. The molecule has 0 aliphatic heterocycles. The number of carbonyl (C=O) groups is 1. The van der Waals surface area contributed by atoms with Gasteiger partial charge in [-0.05, 0) is 59.3 Å². The molecule has 7 heteroatoms. The SMILES string of the molecule is Cc1cnc(NCC2CCC(NC(=O)OC(C)(C)C)CC2)nc1N(C)C. The Kier molecular flexibility index (Phi) is 6.67. The molecule has 1 aromatic heterocycles. The summed E-state index contributed by atoms with van der Waals surface area (Å²) in [6.07, 6.45) is 5.63. The van der Waals surface area contributed by atoms with E-state index in [-0.39, 0.29) is 12.1 Å². The summed E-state index contributed by atoms with van der Waals surface area (Å²) < 4.78 is 5.33. The maximum absolute atomic E-state index is 11.9. The molecule has 1 amide bonds. The molecule has 0 spiro atoms. The summed E-state index contributed by atoms with van der Waals surface area (Å²) in [5.74, 6) is 2.18. The van der Waals surface area contributed by atoms with Gasteiger partial charge in [0.2, 0.25) is 5.95 Å². The summed E-state index contributed by atoms with van der Waals surface area (Å²) in [5, 5.41) is 6.35. The van der Waals surface area contributed by atoms with E-state index in [0.29, 0.717) is 11.9 Å². The van der Waals surface area contributed by atoms with Crippen LogP contribution < -0.4 is 15.5 Å². The predicted molar refractivity (Wildman–Crippen MR) is 105 cm³/mol. The number of aromatic nitrogens is 2. The second kappa shape index (κ2) is 8.56. The maximum Gasteiger partial charge on any atom is 0.407 e. The first kappa shape index (κ1) is 20.3. The van der Waals surface area contributed by atoms with E-state index >= 15 is 0 Å². The first-order valence-corrected chi connectivity index (χ1v) is 9.38. The van der Waals surface area contributed by atoms with Crippen molar-refractivity contribution >= 4 is 17.9 Å². The molecule has 0 aromatic carbocycles. The minimum atomic E-state index is -0.454. The van der Waals surface area contributed by atoms with Crippen molar-refractivity contribution in [3.8, 4) is 0 Å². The number of aryl methyl sites for hydroxylation is 1. The fourth-order valence-corrected chi connectivity index (χ4v) is 3.19. The highest BCUT2D eigenvalue weighted by Gasteiger charge is 2.24. The van der Waals surface area contributed by atoms with Crippen LogP contribution in [0.1, 0.15) is 52.0 Å². The van der Waals surface area contributed by atoms with Gasteiger partial charge in [-0.25, -0.2) is 9.78 Å². The lowest BCUT2D eigenvalue weighted by Crippen LogP contribution is -2.41. The third-order valence-electron chi connectivity index (χ3n) is 4.49. The summed E-state index contributed by atoms with van der Waals surface area (Å²) in [5.41, 5.74) is 0.610. The minimum Gasteiger partial charge on any atom is -0.444 e. The maximum atomic E-state index is 11.9. The highest BCUT2D eigenvalue weighted by Crippen LogP contribution is 2.25. The molecule has 0 radical (unpaired) electrons. The summed E-state index contributed by atoms with van der Waals surface area (Å²) in [6.45, 7) is 8.51. The van der Waals surface area contributed by atoms with Gasteiger partial charge < -0.3 is 20.3 Å². The Morgan fingerprint density at radius 2 is 1.92 bits per heavy atom. The molecule has 2 N–H and O–H groups in total. The summed E-state index contributed by atoms with van der Waals surface area (Å²) in [4.78, 5) is 22.8. The van der Waals surface area contributed by atoms with Gasteiger partial charge in [0.05, 0.1) is 0 Å². The smallest absolute Gasteiger partial charge is 0.407 e. The van der Waals surface area contributed by atoms with E-state index < -0.39 is 5.60 Å². The molecule has 0 unspecified atom stereocenters. The molecular weight excluding hydrogens is 330 g/mol. The van der Waals surface area contributed by atoms with Crippen LogP contribution in [-0.4, -0.2) is 48.3 Å². The van der Waals surface area contributed by atoms with Gasteiger partial charge in [-0.3, -0.25) is 0 Å². The van der Waals surface area contributed by atoms with Crippen molar-refractivity contribution in [1.82, 2.24) is 15.3 Å². The first-order chi connectivity index (χ1) is 12.1. The van der Waals surface area contributed by atoms with Gasteiger partial charge in [-0.1, -0.05) is 0 Å². The summed E-state index contributed by atoms with van der Waals surface area (Å²) in [7, 11) is 3.97. The lowest BCUT2D eigenvalue weighted by Gasteiger charge is -2.30. The number of amides is 1. The normalized spacial score (nSPS) is 20.4. The highest BCUT2D eigenvalue weighted by atomic mass is 16.6. The molecule has 7 nitrogen and oxygen atoms in total. The third-order valence-corrected chi connectivity index (χ3v) is 4.49. The molecule has 1 aliphatic rings. The fraction of sp³-hybridized carbons (Fsp3) is 0.737. The lowest BCUT2D eigenvalue weighted by molar-refractivity contribution is 0.0488. The molecule has 0 saturated heterocycles. The third kappa shape index (κ3) is 6.35. The van der Waals surface area contributed by atoms with Crippen molar-refractivity contribution in [3.05, 3.63) is 11.8 Å². The van der Waals surface area contributed by atoms with Crippen LogP contribution in [0.25, 0.3) is 0 Å². The molecule has 1 aromatic rings. The number of rotatable bonds is 5. The number of nitrogens with one attached hydrogen (secondary N) is 2. The standard InChI is InChI=1S/C19H33N5O2/c1-13-11-20-17(23-16(13)24(5)6)21-12-14-7-9-15(10-8-14)22-18(25)26-19(2,3)4/h11,14-15H,7-10,12H2,1-6H3,(H,22,25)(H,20,21,23). The quantitative estimate of drug-likeness (QED) is 0.835. The van der Waals surface area contributed by atoms with Crippen LogP contribution in [0.5, 0.6) is 0 Å². The Labute approximate surface area is 156 Å². The van der Waals surface area contributed by atoms with Gasteiger partial charge in [0, 0.05) is 38.4 Å². The highest BCUT2D eigenvalue weighted by molar-refractivity contribution is 5.68. The monoisotopic (exact) mass is 363 g/mol. The van der Waals surface area contributed by atoms with Crippen molar-refractivity contribution in [2.75, 3.05) is 30.9 Å². The molecule has 1 fully saturated rings. The average molecular weight is 364 g/mol. The predicted octanol–water partition coefficient (Wildman–Crippen LogP) is 3.35. The van der Waals surface area contributed by atoms with Crippen LogP contribution in [0.2, 0.25) is 0 Å².